The van der Waals surface area contributed by atoms with E-state index in [1.165, 1.54) is 7.11 Å². The number of methoxy groups -OCH3 is 1. The Labute approximate surface area is 168 Å². The van der Waals surface area contributed by atoms with E-state index in [4.69, 9.17) is 4.74 Å². The molecule has 28 heavy (non-hydrogen) atoms. The monoisotopic (exact) mass is 403 g/mol. The van der Waals surface area contributed by atoms with Crippen LogP contribution >= 0.6 is 11.3 Å². The van der Waals surface area contributed by atoms with Crippen molar-refractivity contribution in [2.24, 2.45) is 11.8 Å². The fourth-order valence-electron chi connectivity index (χ4n) is 3.45. The molecule has 1 fully saturated rings. The van der Waals surface area contributed by atoms with E-state index < -0.39 is 17.9 Å². The SMILES string of the molecule is COC(=O)C(CC(C)C)NC(=O)C1CC(=O)N(c2ccc3sc(C)nc3c2)C1. The fraction of sp³-hybridized carbons (Fsp3) is 0.500. The number of aromatic nitrogens is 1. The molecule has 1 aliphatic rings. The lowest BCUT2D eigenvalue weighted by molar-refractivity contribution is -0.146. The lowest BCUT2D eigenvalue weighted by atomic mass is 10.0. The topological polar surface area (TPSA) is 88.6 Å². The molecule has 2 atom stereocenters. The van der Waals surface area contributed by atoms with E-state index in [2.05, 4.69) is 10.3 Å². The van der Waals surface area contributed by atoms with E-state index in [1.54, 1.807) is 16.2 Å². The van der Waals surface area contributed by atoms with Gasteiger partial charge in [0.25, 0.3) is 0 Å². The number of esters is 1. The van der Waals surface area contributed by atoms with Crippen LogP contribution in [0.25, 0.3) is 10.2 Å². The number of fused-ring (bicyclic) bond motifs is 1. The number of hydrogen-bond donors (Lipinski definition) is 1. The third-order valence-corrected chi connectivity index (χ3v) is 5.75. The number of hydrogen-bond acceptors (Lipinski definition) is 6. The smallest absolute Gasteiger partial charge is 0.328 e. The Morgan fingerprint density at radius 3 is 2.82 bits per heavy atom. The molecule has 2 unspecified atom stereocenters. The van der Waals surface area contributed by atoms with Gasteiger partial charge in [-0.1, -0.05) is 13.8 Å². The predicted molar refractivity (Wildman–Crippen MR) is 108 cm³/mol. The molecule has 0 bridgehead atoms. The van der Waals surface area contributed by atoms with Gasteiger partial charge in [0.05, 0.1) is 28.3 Å². The van der Waals surface area contributed by atoms with Crippen LogP contribution in [0.15, 0.2) is 18.2 Å². The maximum Gasteiger partial charge on any atom is 0.328 e. The van der Waals surface area contributed by atoms with E-state index >= 15 is 0 Å². The molecule has 0 saturated carbocycles. The minimum atomic E-state index is -0.698. The number of anilines is 1. The van der Waals surface area contributed by atoms with Gasteiger partial charge in [0, 0.05) is 18.7 Å². The number of nitrogens with zero attached hydrogens (tertiary/aromatic N) is 2. The first kappa shape index (κ1) is 20.3. The van der Waals surface area contributed by atoms with Crippen LogP contribution in [0.3, 0.4) is 0 Å². The number of carbonyl (C=O) groups excluding carboxylic acids is 3. The first-order valence-electron chi connectivity index (χ1n) is 9.34. The van der Waals surface area contributed by atoms with E-state index in [1.807, 2.05) is 39.0 Å². The lowest BCUT2D eigenvalue weighted by Gasteiger charge is -2.21. The molecule has 0 aliphatic carbocycles. The van der Waals surface area contributed by atoms with Gasteiger partial charge in [0.15, 0.2) is 0 Å². The molecule has 8 heteroatoms. The number of ether oxygens (including phenoxy) is 1. The van der Waals surface area contributed by atoms with Gasteiger partial charge in [0.2, 0.25) is 11.8 Å². The van der Waals surface area contributed by atoms with Crippen LogP contribution in [0.2, 0.25) is 0 Å². The van der Waals surface area contributed by atoms with Crippen molar-refractivity contribution in [3.8, 4) is 0 Å². The second-order valence-corrected chi connectivity index (χ2v) is 8.74. The van der Waals surface area contributed by atoms with Crippen molar-refractivity contribution in [3.05, 3.63) is 23.2 Å². The van der Waals surface area contributed by atoms with Gasteiger partial charge in [-0.25, -0.2) is 9.78 Å². The van der Waals surface area contributed by atoms with Crippen molar-refractivity contribution in [1.82, 2.24) is 10.3 Å². The lowest BCUT2D eigenvalue weighted by Crippen LogP contribution is -2.45. The Hall–Kier alpha value is -2.48. The van der Waals surface area contributed by atoms with E-state index in [9.17, 15) is 14.4 Å². The molecule has 1 aromatic heterocycles. The van der Waals surface area contributed by atoms with Crippen molar-refractivity contribution in [2.45, 2.75) is 39.7 Å². The Morgan fingerprint density at radius 1 is 1.39 bits per heavy atom. The largest absolute Gasteiger partial charge is 0.467 e. The zero-order valence-corrected chi connectivity index (χ0v) is 17.3. The molecule has 1 N–H and O–H groups in total. The number of amides is 2. The first-order valence-corrected chi connectivity index (χ1v) is 10.2. The summed E-state index contributed by atoms with van der Waals surface area (Å²) in [6, 6.07) is 5.02. The third-order valence-electron chi connectivity index (χ3n) is 4.79. The van der Waals surface area contributed by atoms with E-state index in [-0.39, 0.29) is 30.7 Å². The van der Waals surface area contributed by atoms with Crippen LogP contribution in [0, 0.1) is 18.8 Å². The zero-order chi connectivity index (χ0) is 20.4. The molecule has 1 aromatic carbocycles. The number of benzene rings is 1. The summed E-state index contributed by atoms with van der Waals surface area (Å²) in [7, 11) is 1.30. The van der Waals surface area contributed by atoms with Gasteiger partial charge in [-0.05, 0) is 37.5 Å². The Kier molecular flexibility index (Phi) is 5.98. The molecule has 3 rings (SSSR count). The number of carbonyl (C=O) groups is 3. The summed E-state index contributed by atoms with van der Waals surface area (Å²) < 4.78 is 5.86. The van der Waals surface area contributed by atoms with Crippen molar-refractivity contribution >= 4 is 45.0 Å². The summed E-state index contributed by atoms with van der Waals surface area (Å²) in [6.07, 6.45) is 0.609. The minimum Gasteiger partial charge on any atom is -0.467 e. The average molecular weight is 404 g/mol. The molecule has 2 aromatic rings. The summed E-state index contributed by atoms with van der Waals surface area (Å²) >= 11 is 1.60. The van der Waals surface area contributed by atoms with Gasteiger partial charge in [-0.15, -0.1) is 11.3 Å². The highest BCUT2D eigenvalue weighted by atomic mass is 32.1. The van der Waals surface area contributed by atoms with E-state index in [0.717, 1.165) is 20.9 Å². The molecular formula is C20H25N3O4S. The summed E-state index contributed by atoms with van der Waals surface area (Å²) in [5, 5.41) is 3.73. The normalized spacial score (nSPS) is 18.0. The highest BCUT2D eigenvalue weighted by molar-refractivity contribution is 7.18. The molecule has 0 spiro atoms. The summed E-state index contributed by atoms with van der Waals surface area (Å²) in [5.41, 5.74) is 1.59. The summed E-state index contributed by atoms with van der Waals surface area (Å²) in [6.45, 7) is 6.17. The van der Waals surface area contributed by atoms with Crippen LogP contribution in [-0.4, -0.2) is 42.5 Å². The van der Waals surface area contributed by atoms with Gasteiger partial charge < -0.3 is 15.0 Å². The quantitative estimate of drug-likeness (QED) is 0.749. The fourth-order valence-corrected chi connectivity index (χ4v) is 4.26. The number of aryl methyl sites for hydroxylation is 1. The van der Waals surface area contributed by atoms with Crippen LogP contribution < -0.4 is 10.2 Å². The first-order chi connectivity index (χ1) is 13.3. The molecule has 0 radical (unpaired) electrons. The van der Waals surface area contributed by atoms with Crippen LogP contribution in [-0.2, 0) is 19.1 Å². The highest BCUT2D eigenvalue weighted by Crippen LogP contribution is 2.30. The van der Waals surface area contributed by atoms with Gasteiger partial charge >= 0.3 is 5.97 Å². The van der Waals surface area contributed by atoms with Gasteiger partial charge in [-0.3, -0.25) is 9.59 Å². The Bertz CT molecular complexity index is 908. The van der Waals surface area contributed by atoms with Crippen molar-refractivity contribution in [2.75, 3.05) is 18.6 Å². The average Bonchev–Trinajstić information content (AvgIpc) is 3.20. The molecule has 7 nitrogen and oxygen atoms in total. The third kappa shape index (κ3) is 4.32. The number of nitrogens with one attached hydrogen (secondary N) is 1. The number of rotatable bonds is 6. The van der Waals surface area contributed by atoms with Crippen LogP contribution in [0.1, 0.15) is 31.7 Å². The molecule has 1 saturated heterocycles. The minimum absolute atomic E-state index is 0.107. The standard InChI is InChI=1S/C20H25N3O4S/c1-11(2)7-16(20(26)27-4)22-19(25)13-8-18(24)23(10-13)14-5-6-17-15(9-14)21-12(3)28-17/h5-6,9,11,13,16H,7-8,10H2,1-4H3,(H,22,25). The van der Waals surface area contributed by atoms with Crippen molar-refractivity contribution in [3.63, 3.8) is 0 Å². The second kappa shape index (κ2) is 8.26. The molecule has 2 amide bonds. The van der Waals surface area contributed by atoms with Gasteiger partial charge in [0.1, 0.15) is 6.04 Å². The Balaban J connectivity index is 1.71. The van der Waals surface area contributed by atoms with Crippen LogP contribution in [0.5, 0.6) is 0 Å². The Morgan fingerprint density at radius 2 is 2.14 bits per heavy atom. The molecule has 2 heterocycles. The van der Waals surface area contributed by atoms with Crippen molar-refractivity contribution in [1.29, 1.82) is 0 Å². The van der Waals surface area contributed by atoms with Gasteiger partial charge in [-0.2, -0.15) is 0 Å². The maximum absolute atomic E-state index is 12.7. The molecular weight excluding hydrogens is 378 g/mol. The molecule has 150 valence electrons. The number of thiazole rings is 1. The zero-order valence-electron chi connectivity index (χ0n) is 16.5. The highest BCUT2D eigenvalue weighted by Gasteiger charge is 2.37. The van der Waals surface area contributed by atoms with Crippen LogP contribution in [0.4, 0.5) is 5.69 Å². The summed E-state index contributed by atoms with van der Waals surface area (Å²) in [4.78, 5) is 43.3. The second-order valence-electron chi connectivity index (χ2n) is 7.50. The van der Waals surface area contributed by atoms with Crippen molar-refractivity contribution < 1.29 is 19.1 Å². The van der Waals surface area contributed by atoms with E-state index in [0.29, 0.717) is 6.42 Å². The molecule has 1 aliphatic heterocycles. The predicted octanol–water partition coefficient (Wildman–Crippen LogP) is 2.66. The maximum atomic E-state index is 12.7. The summed E-state index contributed by atoms with van der Waals surface area (Å²) in [5.74, 6) is -1.14.